The number of unbranched alkanes of at least 4 members (excludes halogenated alkanes) is 1. The Balaban J connectivity index is 1.32. The fourth-order valence-electron chi connectivity index (χ4n) is 4.77. The van der Waals surface area contributed by atoms with E-state index in [0.29, 0.717) is 11.4 Å². The van der Waals surface area contributed by atoms with Crippen molar-refractivity contribution in [2.75, 3.05) is 52.8 Å². The van der Waals surface area contributed by atoms with Crippen molar-refractivity contribution in [3.63, 3.8) is 0 Å². The summed E-state index contributed by atoms with van der Waals surface area (Å²) in [7, 11) is 3.64. The number of benzene rings is 3. The fraction of sp³-hybridized carbons (Fsp3) is 0.407. The molecule has 0 unspecified atom stereocenters. The summed E-state index contributed by atoms with van der Waals surface area (Å²) in [6.07, 6.45) is 2.67. The van der Waals surface area contributed by atoms with Gasteiger partial charge in [0, 0.05) is 50.2 Å². The van der Waals surface area contributed by atoms with E-state index < -0.39 is 10.0 Å². The number of hydrogen-bond acceptors (Lipinski definition) is 6. The highest BCUT2D eigenvalue weighted by atomic mass is 32.2. The predicted octanol–water partition coefficient (Wildman–Crippen LogP) is 4.04. The third-order valence-electron chi connectivity index (χ3n) is 6.62. The number of fused-ring (bicyclic) bond motifs is 2. The molecule has 3 aromatic carbocycles. The molecular formula is C27H35N3O4S. The average Bonchev–Trinajstić information content (AvgIpc) is 2.86. The molecule has 3 aromatic rings. The second-order valence-electron chi connectivity index (χ2n) is 9.13. The molecule has 4 rings (SSSR count). The number of nitrogens with one attached hydrogen (secondary N) is 1. The molecule has 0 fully saturated rings. The highest BCUT2D eigenvalue weighted by Gasteiger charge is 2.20. The molecule has 0 aromatic heterocycles. The lowest BCUT2D eigenvalue weighted by molar-refractivity contribution is 0.248. The molecule has 0 amide bonds. The number of methoxy groups -OCH3 is 2. The molecule has 35 heavy (non-hydrogen) atoms. The maximum absolute atomic E-state index is 13.1. The summed E-state index contributed by atoms with van der Waals surface area (Å²) in [4.78, 5) is 4.74. The summed E-state index contributed by atoms with van der Waals surface area (Å²) in [5, 5.41) is 1.67. The van der Waals surface area contributed by atoms with Crippen LogP contribution in [0.15, 0.2) is 53.4 Å². The molecule has 0 saturated heterocycles. The van der Waals surface area contributed by atoms with Crippen LogP contribution in [0.1, 0.15) is 24.0 Å². The van der Waals surface area contributed by atoms with Crippen LogP contribution in [0, 0.1) is 0 Å². The first kappa shape index (κ1) is 25.3. The quantitative estimate of drug-likeness (QED) is 0.427. The number of rotatable bonds is 10. The van der Waals surface area contributed by atoms with Crippen LogP contribution < -0.4 is 19.1 Å². The van der Waals surface area contributed by atoms with E-state index in [9.17, 15) is 8.42 Å². The van der Waals surface area contributed by atoms with Crippen LogP contribution in [0.2, 0.25) is 0 Å². The van der Waals surface area contributed by atoms with Crippen molar-refractivity contribution in [3.8, 4) is 11.5 Å². The van der Waals surface area contributed by atoms with Crippen LogP contribution in [0.4, 0.5) is 5.69 Å². The van der Waals surface area contributed by atoms with Crippen LogP contribution in [0.25, 0.3) is 10.8 Å². The number of sulfonamides is 1. The molecule has 1 aliphatic rings. The first-order valence-electron chi connectivity index (χ1n) is 12.0. The second-order valence-corrected chi connectivity index (χ2v) is 10.9. The fourth-order valence-corrected chi connectivity index (χ4v) is 6.06. The van der Waals surface area contributed by atoms with Crippen molar-refractivity contribution in [1.29, 1.82) is 0 Å². The van der Waals surface area contributed by atoms with Crippen molar-refractivity contribution in [2.45, 2.75) is 30.7 Å². The van der Waals surface area contributed by atoms with Gasteiger partial charge in [-0.2, -0.15) is 0 Å². The number of nitrogens with zero attached hydrogens (tertiary/aromatic N) is 2. The van der Waals surface area contributed by atoms with Gasteiger partial charge in [-0.25, -0.2) is 13.1 Å². The SMILES string of the molecule is COc1cc2c(cc1OC)CN(CCCCNS(=O)(=O)c1cccc3c(N(C)C)cccc13)CC2. The van der Waals surface area contributed by atoms with Gasteiger partial charge in [0.25, 0.3) is 0 Å². The highest BCUT2D eigenvalue weighted by Crippen LogP contribution is 2.33. The molecule has 0 saturated carbocycles. The van der Waals surface area contributed by atoms with Crippen LogP contribution >= 0.6 is 0 Å². The van der Waals surface area contributed by atoms with Crippen molar-refractivity contribution in [1.82, 2.24) is 9.62 Å². The standard InChI is InChI=1S/C27H35N3O4S/c1-29(2)24-11-7-10-23-22(24)9-8-12-27(23)35(31,32)28-14-5-6-15-30-16-13-20-17-25(33-3)26(34-4)18-21(20)19-30/h7-12,17-18,28H,5-6,13-16,19H2,1-4H3. The minimum absolute atomic E-state index is 0.329. The minimum Gasteiger partial charge on any atom is -0.493 e. The minimum atomic E-state index is -3.60. The van der Waals surface area contributed by atoms with Crippen LogP contribution in [-0.2, 0) is 23.0 Å². The molecular weight excluding hydrogens is 462 g/mol. The van der Waals surface area contributed by atoms with Gasteiger partial charge in [-0.15, -0.1) is 0 Å². The Hall–Kier alpha value is -2.81. The molecule has 1 heterocycles. The molecule has 188 valence electrons. The summed E-state index contributed by atoms with van der Waals surface area (Å²) < 4.78 is 39.9. The number of anilines is 1. The first-order chi connectivity index (χ1) is 16.8. The van der Waals surface area contributed by atoms with Gasteiger partial charge in [0.05, 0.1) is 19.1 Å². The van der Waals surface area contributed by atoms with Gasteiger partial charge in [-0.3, -0.25) is 4.90 Å². The van der Waals surface area contributed by atoms with Gasteiger partial charge in [0.2, 0.25) is 10.0 Å². The van der Waals surface area contributed by atoms with Crippen molar-refractivity contribution >= 4 is 26.5 Å². The molecule has 1 N–H and O–H groups in total. The zero-order valence-corrected chi connectivity index (χ0v) is 21.8. The molecule has 0 radical (unpaired) electrons. The van der Waals surface area contributed by atoms with E-state index in [1.807, 2.05) is 49.3 Å². The molecule has 0 atom stereocenters. The van der Waals surface area contributed by atoms with Crippen LogP contribution in [-0.4, -0.2) is 61.3 Å². The molecule has 1 aliphatic heterocycles. The van der Waals surface area contributed by atoms with Gasteiger partial charge >= 0.3 is 0 Å². The summed E-state index contributed by atoms with van der Waals surface area (Å²) in [5.74, 6) is 1.53. The van der Waals surface area contributed by atoms with Gasteiger partial charge in [-0.05, 0) is 61.2 Å². The highest BCUT2D eigenvalue weighted by molar-refractivity contribution is 7.89. The Morgan fingerprint density at radius 3 is 2.34 bits per heavy atom. The van der Waals surface area contributed by atoms with E-state index in [0.717, 1.165) is 66.9 Å². The molecule has 8 heteroatoms. The molecule has 7 nitrogen and oxygen atoms in total. The average molecular weight is 498 g/mol. The molecule has 0 aliphatic carbocycles. The lowest BCUT2D eigenvalue weighted by atomic mass is 9.98. The van der Waals surface area contributed by atoms with E-state index in [-0.39, 0.29) is 0 Å². The van der Waals surface area contributed by atoms with Gasteiger partial charge < -0.3 is 14.4 Å². The van der Waals surface area contributed by atoms with Crippen LogP contribution in [0.5, 0.6) is 11.5 Å². The maximum Gasteiger partial charge on any atom is 0.241 e. The summed E-state index contributed by atoms with van der Waals surface area (Å²) in [5.41, 5.74) is 3.57. The third-order valence-corrected chi connectivity index (χ3v) is 8.14. The second kappa shape index (κ2) is 10.8. The molecule has 0 bridgehead atoms. The van der Waals surface area contributed by atoms with Gasteiger partial charge in [0.1, 0.15) is 0 Å². The summed E-state index contributed by atoms with van der Waals surface area (Å²) >= 11 is 0. The van der Waals surface area contributed by atoms with E-state index in [2.05, 4.69) is 21.8 Å². The Morgan fingerprint density at radius 1 is 0.943 bits per heavy atom. The zero-order valence-electron chi connectivity index (χ0n) is 21.0. The van der Waals surface area contributed by atoms with Gasteiger partial charge in [-0.1, -0.05) is 24.3 Å². The zero-order chi connectivity index (χ0) is 25.0. The van der Waals surface area contributed by atoms with Crippen molar-refractivity contribution < 1.29 is 17.9 Å². The topological polar surface area (TPSA) is 71.1 Å². The van der Waals surface area contributed by atoms with Crippen molar-refractivity contribution in [2.24, 2.45) is 0 Å². The van der Waals surface area contributed by atoms with E-state index >= 15 is 0 Å². The first-order valence-corrected chi connectivity index (χ1v) is 13.5. The largest absolute Gasteiger partial charge is 0.493 e. The van der Waals surface area contributed by atoms with E-state index in [1.165, 1.54) is 11.1 Å². The Morgan fingerprint density at radius 2 is 1.63 bits per heavy atom. The van der Waals surface area contributed by atoms with E-state index in [4.69, 9.17) is 9.47 Å². The lowest BCUT2D eigenvalue weighted by Crippen LogP contribution is -2.32. The normalized spacial score (nSPS) is 14.1. The third kappa shape index (κ3) is 5.55. The predicted molar refractivity (Wildman–Crippen MR) is 141 cm³/mol. The number of ether oxygens (including phenoxy) is 2. The van der Waals surface area contributed by atoms with E-state index in [1.54, 1.807) is 20.3 Å². The Kier molecular flexibility index (Phi) is 7.84. The Bertz CT molecular complexity index is 1290. The van der Waals surface area contributed by atoms with Crippen LogP contribution in [0.3, 0.4) is 0 Å². The summed E-state index contributed by atoms with van der Waals surface area (Å²) in [6, 6.07) is 15.4. The Labute approximate surface area is 208 Å². The monoisotopic (exact) mass is 497 g/mol. The summed E-state index contributed by atoms with van der Waals surface area (Å²) in [6.45, 7) is 3.20. The lowest BCUT2D eigenvalue weighted by Gasteiger charge is -2.29. The number of hydrogen-bond donors (Lipinski definition) is 1. The smallest absolute Gasteiger partial charge is 0.241 e. The molecule has 0 spiro atoms. The van der Waals surface area contributed by atoms with Gasteiger partial charge in [0.15, 0.2) is 11.5 Å². The maximum atomic E-state index is 13.1. The van der Waals surface area contributed by atoms with Crippen molar-refractivity contribution in [3.05, 3.63) is 59.7 Å².